The number of amides is 1. The molecule has 146 valence electrons. The number of hydrogen-bond donors (Lipinski definition) is 1. The van der Waals surface area contributed by atoms with Crippen LogP contribution in [0.1, 0.15) is 48.1 Å². The molecule has 2 aromatic rings. The molecule has 1 aromatic heterocycles. The molecular weight excluding hydrogens is 364 g/mol. The quantitative estimate of drug-likeness (QED) is 0.544. The SMILES string of the molecule is Cc1noc(C)c1CSc1ccccc1C(=O)OCC(=O)N[C@@H](C)C(C)C. The first kappa shape index (κ1) is 21.0. The van der Waals surface area contributed by atoms with Gasteiger partial charge in [-0.05, 0) is 38.8 Å². The first-order valence-electron chi connectivity index (χ1n) is 8.89. The van der Waals surface area contributed by atoms with Gasteiger partial charge >= 0.3 is 5.97 Å². The smallest absolute Gasteiger partial charge is 0.339 e. The van der Waals surface area contributed by atoms with Gasteiger partial charge in [-0.1, -0.05) is 31.1 Å². The van der Waals surface area contributed by atoms with Gasteiger partial charge in [-0.25, -0.2) is 4.79 Å². The zero-order chi connectivity index (χ0) is 20.0. The average molecular weight is 391 g/mol. The predicted molar refractivity (Wildman–Crippen MR) is 105 cm³/mol. The molecule has 0 fully saturated rings. The molecular formula is C20H26N2O4S. The highest BCUT2D eigenvalue weighted by Gasteiger charge is 2.17. The minimum atomic E-state index is -0.510. The summed E-state index contributed by atoms with van der Waals surface area (Å²) in [5.74, 6) is 0.911. The molecule has 1 atom stereocenters. The average Bonchev–Trinajstić information content (AvgIpc) is 2.96. The maximum Gasteiger partial charge on any atom is 0.339 e. The largest absolute Gasteiger partial charge is 0.452 e. The fraction of sp³-hybridized carbons (Fsp3) is 0.450. The Morgan fingerprint density at radius 1 is 1.22 bits per heavy atom. The van der Waals surface area contributed by atoms with Gasteiger partial charge in [0.2, 0.25) is 0 Å². The number of nitrogens with zero attached hydrogens (tertiary/aromatic N) is 1. The van der Waals surface area contributed by atoms with Crippen molar-refractivity contribution in [2.75, 3.05) is 6.61 Å². The Labute approximate surface area is 164 Å². The van der Waals surface area contributed by atoms with Crippen molar-refractivity contribution in [1.29, 1.82) is 0 Å². The summed E-state index contributed by atoms with van der Waals surface area (Å²) in [4.78, 5) is 25.2. The van der Waals surface area contributed by atoms with Crippen molar-refractivity contribution in [2.24, 2.45) is 5.92 Å². The van der Waals surface area contributed by atoms with Gasteiger partial charge in [0.25, 0.3) is 5.91 Å². The highest BCUT2D eigenvalue weighted by Crippen LogP contribution is 2.29. The van der Waals surface area contributed by atoms with Crippen LogP contribution in [-0.4, -0.2) is 29.7 Å². The number of hydrogen-bond acceptors (Lipinski definition) is 6. The van der Waals surface area contributed by atoms with Gasteiger partial charge in [0.15, 0.2) is 6.61 Å². The highest BCUT2D eigenvalue weighted by molar-refractivity contribution is 7.98. The lowest BCUT2D eigenvalue weighted by atomic mass is 10.1. The van der Waals surface area contributed by atoms with Gasteiger partial charge in [0, 0.05) is 22.3 Å². The number of esters is 1. The second kappa shape index (κ2) is 9.60. The molecule has 0 spiro atoms. The van der Waals surface area contributed by atoms with E-state index in [9.17, 15) is 9.59 Å². The van der Waals surface area contributed by atoms with Crippen LogP contribution < -0.4 is 5.32 Å². The van der Waals surface area contributed by atoms with Gasteiger partial charge in [-0.15, -0.1) is 11.8 Å². The number of benzene rings is 1. The molecule has 1 aromatic carbocycles. The summed E-state index contributed by atoms with van der Waals surface area (Å²) in [6.07, 6.45) is 0. The third-order valence-corrected chi connectivity index (χ3v) is 5.48. The minimum Gasteiger partial charge on any atom is -0.452 e. The number of carbonyl (C=O) groups is 2. The number of carbonyl (C=O) groups excluding carboxylic acids is 2. The van der Waals surface area contributed by atoms with Crippen LogP contribution in [0.5, 0.6) is 0 Å². The van der Waals surface area contributed by atoms with Crippen LogP contribution in [-0.2, 0) is 15.3 Å². The Bertz CT molecular complexity index is 782. The van der Waals surface area contributed by atoms with E-state index < -0.39 is 5.97 Å². The number of rotatable bonds is 8. The first-order chi connectivity index (χ1) is 12.8. The van der Waals surface area contributed by atoms with E-state index >= 15 is 0 Å². The molecule has 6 nitrogen and oxygen atoms in total. The van der Waals surface area contributed by atoms with Crippen molar-refractivity contribution < 1.29 is 18.8 Å². The Morgan fingerprint density at radius 2 is 1.93 bits per heavy atom. The summed E-state index contributed by atoms with van der Waals surface area (Å²) in [5.41, 5.74) is 2.31. The van der Waals surface area contributed by atoms with E-state index in [2.05, 4.69) is 10.5 Å². The molecule has 1 heterocycles. The predicted octanol–water partition coefficient (Wildman–Crippen LogP) is 3.90. The molecule has 0 aliphatic carbocycles. The zero-order valence-electron chi connectivity index (χ0n) is 16.4. The normalized spacial score (nSPS) is 12.1. The number of aryl methyl sites for hydroxylation is 2. The summed E-state index contributed by atoms with van der Waals surface area (Å²) >= 11 is 1.51. The van der Waals surface area contributed by atoms with Crippen molar-refractivity contribution in [3.63, 3.8) is 0 Å². The molecule has 27 heavy (non-hydrogen) atoms. The van der Waals surface area contributed by atoms with Crippen LogP contribution in [0.15, 0.2) is 33.7 Å². The van der Waals surface area contributed by atoms with Gasteiger partial charge < -0.3 is 14.6 Å². The number of thioether (sulfide) groups is 1. The third kappa shape index (κ3) is 5.85. The van der Waals surface area contributed by atoms with Crippen LogP contribution in [0.2, 0.25) is 0 Å². The minimum absolute atomic E-state index is 0.0223. The fourth-order valence-electron chi connectivity index (χ4n) is 2.29. The van der Waals surface area contributed by atoms with Crippen LogP contribution >= 0.6 is 11.8 Å². The van der Waals surface area contributed by atoms with Crippen molar-refractivity contribution in [1.82, 2.24) is 10.5 Å². The van der Waals surface area contributed by atoms with Crippen LogP contribution in [0.25, 0.3) is 0 Å². The maximum absolute atomic E-state index is 12.4. The third-order valence-electron chi connectivity index (χ3n) is 4.38. The second-order valence-corrected chi connectivity index (χ2v) is 7.78. The van der Waals surface area contributed by atoms with Crippen molar-refractivity contribution in [2.45, 2.75) is 51.3 Å². The summed E-state index contributed by atoms with van der Waals surface area (Å²) in [7, 11) is 0. The first-order valence-corrected chi connectivity index (χ1v) is 9.88. The Balaban J connectivity index is 1.98. The van der Waals surface area contributed by atoms with E-state index in [-0.39, 0.29) is 18.6 Å². The molecule has 1 N–H and O–H groups in total. The van der Waals surface area contributed by atoms with Crippen LogP contribution in [0, 0.1) is 19.8 Å². The highest BCUT2D eigenvalue weighted by atomic mass is 32.2. The standard InChI is InChI=1S/C20H26N2O4S/c1-12(2)13(3)21-19(23)10-25-20(24)16-8-6-7-9-18(16)27-11-17-14(4)22-26-15(17)5/h6-9,12-13H,10-11H2,1-5H3,(H,21,23)/t13-/m0/s1. The molecule has 0 bridgehead atoms. The molecule has 0 aliphatic rings. The van der Waals surface area contributed by atoms with Crippen molar-refractivity contribution >= 4 is 23.6 Å². The summed E-state index contributed by atoms with van der Waals surface area (Å²) in [6.45, 7) is 9.42. The number of nitrogens with one attached hydrogen (secondary N) is 1. The molecule has 0 radical (unpaired) electrons. The van der Waals surface area contributed by atoms with Gasteiger partial charge in [-0.3, -0.25) is 4.79 Å². The topological polar surface area (TPSA) is 81.4 Å². The Morgan fingerprint density at radius 3 is 2.56 bits per heavy atom. The molecule has 0 aliphatic heterocycles. The van der Waals surface area contributed by atoms with Crippen molar-refractivity contribution in [3.05, 3.63) is 46.8 Å². The van der Waals surface area contributed by atoms with E-state index in [1.807, 2.05) is 46.8 Å². The van der Waals surface area contributed by atoms with E-state index in [4.69, 9.17) is 9.26 Å². The molecule has 0 saturated carbocycles. The molecule has 0 saturated heterocycles. The molecule has 7 heteroatoms. The van der Waals surface area contributed by atoms with Crippen molar-refractivity contribution in [3.8, 4) is 0 Å². The maximum atomic E-state index is 12.4. The van der Waals surface area contributed by atoms with Gasteiger partial charge in [-0.2, -0.15) is 0 Å². The second-order valence-electron chi connectivity index (χ2n) is 6.76. The summed E-state index contributed by atoms with van der Waals surface area (Å²) in [5, 5.41) is 6.76. The van der Waals surface area contributed by atoms with E-state index in [0.29, 0.717) is 17.2 Å². The monoisotopic (exact) mass is 390 g/mol. The summed E-state index contributed by atoms with van der Waals surface area (Å²) < 4.78 is 10.4. The lowest BCUT2D eigenvalue weighted by Crippen LogP contribution is -2.38. The molecule has 0 unspecified atom stereocenters. The lowest BCUT2D eigenvalue weighted by Gasteiger charge is -2.17. The van der Waals surface area contributed by atoms with Gasteiger partial charge in [0.05, 0.1) is 11.3 Å². The Hall–Kier alpha value is -2.28. The zero-order valence-corrected chi connectivity index (χ0v) is 17.2. The van der Waals surface area contributed by atoms with Crippen LogP contribution in [0.4, 0.5) is 0 Å². The molecule has 2 rings (SSSR count). The number of ether oxygens (including phenoxy) is 1. The number of aromatic nitrogens is 1. The lowest BCUT2D eigenvalue weighted by molar-refractivity contribution is -0.125. The van der Waals surface area contributed by atoms with Crippen LogP contribution in [0.3, 0.4) is 0 Å². The van der Waals surface area contributed by atoms with E-state index in [1.54, 1.807) is 12.1 Å². The Kier molecular flexibility index (Phi) is 7.47. The fourth-order valence-corrected chi connectivity index (χ4v) is 3.48. The molecule has 1 amide bonds. The van der Waals surface area contributed by atoms with E-state index in [0.717, 1.165) is 21.9 Å². The van der Waals surface area contributed by atoms with Gasteiger partial charge in [0.1, 0.15) is 5.76 Å². The summed E-state index contributed by atoms with van der Waals surface area (Å²) in [6, 6.07) is 7.22. The van der Waals surface area contributed by atoms with E-state index in [1.165, 1.54) is 11.8 Å².